The van der Waals surface area contributed by atoms with Crippen molar-refractivity contribution in [3.05, 3.63) is 0 Å². The Labute approximate surface area is 118 Å². The first kappa shape index (κ1) is 15.9. The largest absolute Gasteiger partial charge is 0.467 e. The van der Waals surface area contributed by atoms with Crippen LogP contribution < -0.4 is 0 Å². The molecule has 0 N–H and O–H groups in total. The molecule has 0 aromatic heterocycles. The molecule has 7 nitrogen and oxygen atoms in total. The summed E-state index contributed by atoms with van der Waals surface area (Å²) in [6.45, 7) is 2.43. The first-order valence-corrected chi connectivity index (χ1v) is 6.48. The van der Waals surface area contributed by atoms with E-state index in [4.69, 9.17) is 14.2 Å². The molecule has 1 heterocycles. The fourth-order valence-electron chi connectivity index (χ4n) is 1.77. The van der Waals surface area contributed by atoms with Crippen molar-refractivity contribution in [2.75, 3.05) is 7.11 Å². The summed E-state index contributed by atoms with van der Waals surface area (Å²) in [5.41, 5.74) is 0. The molecular weight excluding hydrogens is 324 g/mol. The van der Waals surface area contributed by atoms with Crippen LogP contribution in [0.4, 0.5) is 0 Å². The van der Waals surface area contributed by atoms with Crippen molar-refractivity contribution in [2.45, 2.75) is 43.6 Å². The molecule has 0 aliphatic carbocycles. The molecule has 108 valence electrons. The number of esters is 3. The van der Waals surface area contributed by atoms with Crippen molar-refractivity contribution in [3.63, 3.8) is 0 Å². The Morgan fingerprint density at radius 1 is 1.16 bits per heavy atom. The zero-order valence-electron chi connectivity index (χ0n) is 10.8. The van der Waals surface area contributed by atoms with Crippen LogP contribution in [0.15, 0.2) is 0 Å². The molecule has 1 fully saturated rings. The highest BCUT2D eigenvalue weighted by atomic mass is 79.9. The smallest absolute Gasteiger partial charge is 0.339 e. The Morgan fingerprint density at radius 2 is 1.74 bits per heavy atom. The second-order valence-corrected chi connectivity index (χ2v) is 4.97. The number of halogens is 1. The summed E-state index contributed by atoms with van der Waals surface area (Å²) >= 11 is 3.19. The Morgan fingerprint density at radius 3 is 2.21 bits per heavy atom. The maximum absolute atomic E-state index is 11.6. The predicted molar refractivity (Wildman–Crippen MR) is 65.3 cm³/mol. The third kappa shape index (κ3) is 4.46. The monoisotopic (exact) mass is 338 g/mol. The van der Waals surface area contributed by atoms with Gasteiger partial charge < -0.3 is 18.9 Å². The van der Waals surface area contributed by atoms with Gasteiger partial charge in [-0.2, -0.15) is 0 Å². The van der Waals surface area contributed by atoms with Crippen LogP contribution in [0.5, 0.6) is 0 Å². The van der Waals surface area contributed by atoms with Crippen molar-refractivity contribution < 1.29 is 33.3 Å². The Hall–Kier alpha value is -1.15. The number of alkyl halides is 1. The topological polar surface area (TPSA) is 88.1 Å². The maximum atomic E-state index is 11.6. The van der Waals surface area contributed by atoms with E-state index >= 15 is 0 Å². The van der Waals surface area contributed by atoms with Gasteiger partial charge in [-0.25, -0.2) is 4.79 Å². The first-order chi connectivity index (χ1) is 8.85. The summed E-state index contributed by atoms with van der Waals surface area (Å²) in [7, 11) is 1.19. The average molecular weight is 339 g/mol. The number of rotatable bonds is 3. The lowest BCUT2D eigenvalue weighted by atomic mass is 10.0. The third-order valence-corrected chi connectivity index (χ3v) is 3.02. The van der Waals surface area contributed by atoms with Crippen LogP contribution in [-0.4, -0.2) is 48.3 Å². The number of hydrogen-bond donors (Lipinski definition) is 0. The average Bonchev–Trinajstić information content (AvgIpc) is 2.30. The van der Waals surface area contributed by atoms with E-state index in [1.54, 1.807) is 0 Å². The van der Waals surface area contributed by atoms with Crippen LogP contribution in [0.3, 0.4) is 0 Å². The van der Waals surface area contributed by atoms with E-state index in [1.165, 1.54) is 21.0 Å². The van der Waals surface area contributed by atoms with Gasteiger partial charge in [-0.1, -0.05) is 15.9 Å². The van der Waals surface area contributed by atoms with Crippen molar-refractivity contribution in [3.8, 4) is 0 Å². The highest BCUT2D eigenvalue weighted by Crippen LogP contribution is 2.29. The third-order valence-electron chi connectivity index (χ3n) is 2.43. The lowest BCUT2D eigenvalue weighted by Crippen LogP contribution is -2.54. The van der Waals surface area contributed by atoms with Gasteiger partial charge in [0.2, 0.25) is 0 Å². The van der Waals surface area contributed by atoms with E-state index in [1.807, 2.05) is 0 Å². The second kappa shape index (κ2) is 6.85. The molecule has 0 bridgehead atoms. The van der Waals surface area contributed by atoms with E-state index in [2.05, 4.69) is 20.7 Å². The fraction of sp³-hybridized carbons (Fsp3) is 0.727. The summed E-state index contributed by atoms with van der Waals surface area (Å²) in [4.78, 5) is 33.8. The Balaban J connectivity index is 2.94. The summed E-state index contributed by atoms with van der Waals surface area (Å²) in [5, 5.41) is -0.507. The van der Waals surface area contributed by atoms with E-state index in [-0.39, 0.29) is 6.42 Å². The van der Waals surface area contributed by atoms with Crippen molar-refractivity contribution >= 4 is 33.8 Å². The van der Waals surface area contributed by atoms with Crippen LogP contribution in [0.2, 0.25) is 0 Å². The molecular formula is C11H15BrO7. The minimum absolute atomic E-state index is 0.255. The lowest BCUT2D eigenvalue weighted by Gasteiger charge is -2.37. The SMILES string of the molecule is COC(=O)C1OC(Br)CC(OC(C)=O)[C@@H]1OC(C)=O. The zero-order valence-corrected chi connectivity index (χ0v) is 12.3. The van der Waals surface area contributed by atoms with Crippen LogP contribution in [-0.2, 0) is 33.3 Å². The zero-order chi connectivity index (χ0) is 14.6. The molecule has 0 radical (unpaired) electrons. The van der Waals surface area contributed by atoms with Crippen LogP contribution in [0.1, 0.15) is 20.3 Å². The number of carbonyl (C=O) groups is 3. The van der Waals surface area contributed by atoms with E-state index in [0.29, 0.717) is 0 Å². The minimum Gasteiger partial charge on any atom is -0.467 e. The normalized spacial score (nSPS) is 30.3. The number of hydrogen-bond acceptors (Lipinski definition) is 7. The quantitative estimate of drug-likeness (QED) is 0.421. The Kier molecular flexibility index (Phi) is 5.74. The van der Waals surface area contributed by atoms with Crippen LogP contribution in [0.25, 0.3) is 0 Å². The van der Waals surface area contributed by atoms with Gasteiger partial charge in [0.25, 0.3) is 0 Å². The van der Waals surface area contributed by atoms with E-state index < -0.39 is 41.2 Å². The predicted octanol–water partition coefficient (Wildman–Crippen LogP) is 0.533. The molecule has 0 saturated carbocycles. The molecule has 0 aromatic carbocycles. The number of ether oxygens (including phenoxy) is 4. The van der Waals surface area contributed by atoms with Gasteiger partial charge in [-0.15, -0.1) is 0 Å². The number of carbonyl (C=O) groups excluding carboxylic acids is 3. The second-order valence-electron chi connectivity index (χ2n) is 3.95. The summed E-state index contributed by atoms with van der Waals surface area (Å²) < 4.78 is 20.0. The van der Waals surface area contributed by atoms with Crippen LogP contribution >= 0.6 is 15.9 Å². The highest BCUT2D eigenvalue weighted by molar-refractivity contribution is 9.09. The molecule has 0 amide bonds. The molecule has 0 aromatic rings. The van der Waals surface area contributed by atoms with Gasteiger partial charge in [-0.3, -0.25) is 9.59 Å². The van der Waals surface area contributed by atoms with E-state index in [0.717, 1.165) is 0 Å². The summed E-state index contributed by atoms with van der Waals surface area (Å²) in [6.07, 6.45) is -2.69. The van der Waals surface area contributed by atoms with Crippen molar-refractivity contribution in [1.82, 2.24) is 0 Å². The number of methoxy groups -OCH3 is 1. The molecule has 1 aliphatic rings. The molecule has 3 unspecified atom stereocenters. The van der Waals surface area contributed by atoms with Crippen molar-refractivity contribution in [2.24, 2.45) is 0 Å². The van der Waals surface area contributed by atoms with Gasteiger partial charge in [-0.05, 0) is 0 Å². The summed E-state index contributed by atoms with van der Waals surface area (Å²) in [5.74, 6) is -1.84. The Bertz CT molecular complexity index is 370. The van der Waals surface area contributed by atoms with Crippen LogP contribution in [0, 0.1) is 0 Å². The molecule has 8 heteroatoms. The van der Waals surface area contributed by atoms with Gasteiger partial charge >= 0.3 is 17.9 Å². The molecule has 0 spiro atoms. The molecule has 1 aliphatic heterocycles. The standard InChI is InChI=1S/C11H15BrO7/c1-5(13)17-7-4-8(12)19-10(11(15)16-3)9(7)18-6(2)14/h7-10H,4H2,1-3H3/t7?,8?,9-,10?/m0/s1. The van der Waals surface area contributed by atoms with Gasteiger partial charge in [0.15, 0.2) is 12.2 Å². The van der Waals surface area contributed by atoms with Gasteiger partial charge in [0.1, 0.15) is 11.1 Å². The molecule has 1 rings (SSSR count). The fourth-order valence-corrected chi connectivity index (χ4v) is 2.37. The van der Waals surface area contributed by atoms with Gasteiger partial charge in [0.05, 0.1) is 7.11 Å². The molecule has 1 saturated heterocycles. The van der Waals surface area contributed by atoms with Crippen molar-refractivity contribution in [1.29, 1.82) is 0 Å². The highest BCUT2D eigenvalue weighted by Gasteiger charge is 2.46. The maximum Gasteiger partial charge on any atom is 0.339 e. The van der Waals surface area contributed by atoms with E-state index in [9.17, 15) is 14.4 Å². The minimum atomic E-state index is -1.14. The molecule has 19 heavy (non-hydrogen) atoms. The lowest BCUT2D eigenvalue weighted by molar-refractivity contribution is -0.205. The van der Waals surface area contributed by atoms with Gasteiger partial charge in [0, 0.05) is 20.3 Å². The molecule has 4 atom stereocenters. The first-order valence-electron chi connectivity index (χ1n) is 5.57. The summed E-state index contributed by atoms with van der Waals surface area (Å²) in [6, 6.07) is 0.